The first-order valence-corrected chi connectivity index (χ1v) is 5.51. The Morgan fingerprint density at radius 1 is 1.46 bits per heavy atom. The van der Waals surface area contributed by atoms with Gasteiger partial charge in [-0.3, -0.25) is 0 Å². The first-order valence-electron chi connectivity index (χ1n) is 4.35. The van der Waals surface area contributed by atoms with Gasteiger partial charge in [-0.05, 0) is 29.9 Å². The minimum Gasteiger partial charge on any atom is -0.398 e. The predicted molar refractivity (Wildman–Crippen MR) is 57.3 cm³/mol. The summed E-state index contributed by atoms with van der Waals surface area (Å²) >= 11 is 1.82. The van der Waals surface area contributed by atoms with Crippen LogP contribution < -0.4 is 5.73 Å². The number of benzene rings is 1. The quantitative estimate of drug-likeness (QED) is 0.595. The molecule has 72 valence electrons. The summed E-state index contributed by atoms with van der Waals surface area (Å²) in [4.78, 5) is 0. The summed E-state index contributed by atoms with van der Waals surface area (Å²) in [6.45, 7) is 2.14. The summed E-state index contributed by atoms with van der Waals surface area (Å²) in [5, 5.41) is 0. The molecule has 0 heterocycles. The molecule has 0 spiro atoms. The van der Waals surface area contributed by atoms with Gasteiger partial charge in [0.25, 0.3) is 0 Å². The Morgan fingerprint density at radius 2 is 2.23 bits per heavy atom. The Hall–Kier alpha value is -0.700. The molecule has 2 N–H and O–H groups in total. The molecule has 0 amide bonds. The highest BCUT2D eigenvalue weighted by molar-refractivity contribution is 7.98. The van der Waals surface area contributed by atoms with Crippen LogP contribution in [0.1, 0.15) is 18.9 Å². The number of rotatable bonds is 4. The van der Waals surface area contributed by atoms with E-state index in [1.165, 1.54) is 12.1 Å². The van der Waals surface area contributed by atoms with E-state index in [0.29, 0.717) is 5.69 Å². The van der Waals surface area contributed by atoms with Gasteiger partial charge in [0, 0.05) is 11.4 Å². The van der Waals surface area contributed by atoms with Crippen LogP contribution in [0.3, 0.4) is 0 Å². The van der Waals surface area contributed by atoms with Gasteiger partial charge in [0.2, 0.25) is 0 Å². The Bertz CT molecular complexity index is 276. The van der Waals surface area contributed by atoms with Crippen LogP contribution in [0.5, 0.6) is 0 Å². The maximum atomic E-state index is 12.6. The average molecular weight is 199 g/mol. The van der Waals surface area contributed by atoms with Crippen LogP contribution in [-0.4, -0.2) is 5.75 Å². The summed E-state index contributed by atoms with van der Waals surface area (Å²) in [6.07, 6.45) is 1.16. The normalized spacial score (nSPS) is 10.3. The van der Waals surface area contributed by atoms with E-state index < -0.39 is 0 Å². The van der Waals surface area contributed by atoms with Crippen molar-refractivity contribution in [2.24, 2.45) is 0 Å². The molecule has 1 aromatic carbocycles. The van der Waals surface area contributed by atoms with E-state index in [4.69, 9.17) is 5.73 Å². The van der Waals surface area contributed by atoms with Crippen molar-refractivity contribution >= 4 is 17.4 Å². The van der Waals surface area contributed by atoms with E-state index in [2.05, 4.69) is 6.92 Å². The Morgan fingerprint density at radius 3 is 2.85 bits per heavy atom. The molecule has 0 atom stereocenters. The summed E-state index contributed by atoms with van der Waals surface area (Å²) in [7, 11) is 0. The number of thioether (sulfide) groups is 1. The molecule has 0 aliphatic carbocycles. The Kier molecular flexibility index (Phi) is 4.09. The fourth-order valence-corrected chi connectivity index (χ4v) is 1.94. The van der Waals surface area contributed by atoms with Gasteiger partial charge in [0.1, 0.15) is 5.82 Å². The molecule has 1 nitrogen and oxygen atoms in total. The standard InChI is InChI=1S/C10H14FNS/c1-2-5-13-7-8-3-4-9(11)6-10(8)12/h3-4,6H,2,5,7,12H2,1H3. The molecule has 0 unspecified atom stereocenters. The van der Waals surface area contributed by atoms with E-state index >= 15 is 0 Å². The third-order valence-corrected chi connectivity index (χ3v) is 2.93. The molecule has 1 rings (SSSR count). The minimum atomic E-state index is -0.262. The van der Waals surface area contributed by atoms with Gasteiger partial charge >= 0.3 is 0 Å². The number of hydrogen-bond donors (Lipinski definition) is 1. The topological polar surface area (TPSA) is 26.0 Å². The van der Waals surface area contributed by atoms with Crippen LogP contribution in [0, 0.1) is 5.82 Å². The second kappa shape index (κ2) is 5.12. The van der Waals surface area contributed by atoms with E-state index in [0.717, 1.165) is 23.5 Å². The number of anilines is 1. The molecule has 0 fully saturated rings. The molecular formula is C10H14FNS. The largest absolute Gasteiger partial charge is 0.398 e. The Labute approximate surface area is 82.5 Å². The first kappa shape index (κ1) is 10.4. The number of hydrogen-bond acceptors (Lipinski definition) is 2. The van der Waals surface area contributed by atoms with Crippen molar-refractivity contribution in [3.05, 3.63) is 29.6 Å². The van der Waals surface area contributed by atoms with Crippen LogP contribution in [0.25, 0.3) is 0 Å². The number of nitrogen functional groups attached to an aromatic ring is 1. The molecule has 0 aromatic heterocycles. The minimum absolute atomic E-state index is 0.262. The Balaban J connectivity index is 2.56. The lowest BCUT2D eigenvalue weighted by molar-refractivity contribution is 0.628. The second-order valence-corrected chi connectivity index (χ2v) is 4.00. The predicted octanol–water partition coefficient (Wildman–Crippen LogP) is 3.05. The number of halogens is 1. The highest BCUT2D eigenvalue weighted by Gasteiger charge is 2.00. The van der Waals surface area contributed by atoms with Crippen LogP contribution in [0.4, 0.5) is 10.1 Å². The summed E-state index contributed by atoms with van der Waals surface area (Å²) in [5.74, 6) is 1.73. The third-order valence-electron chi connectivity index (χ3n) is 1.71. The third kappa shape index (κ3) is 3.27. The van der Waals surface area contributed by atoms with Crippen molar-refractivity contribution in [2.45, 2.75) is 19.1 Å². The lowest BCUT2D eigenvalue weighted by Crippen LogP contribution is -1.93. The van der Waals surface area contributed by atoms with Gasteiger partial charge in [0.05, 0.1) is 0 Å². The molecule has 0 bridgehead atoms. The van der Waals surface area contributed by atoms with E-state index in [-0.39, 0.29) is 5.82 Å². The highest BCUT2D eigenvalue weighted by Crippen LogP contribution is 2.19. The van der Waals surface area contributed by atoms with Gasteiger partial charge in [-0.1, -0.05) is 13.0 Å². The van der Waals surface area contributed by atoms with Crippen LogP contribution in [0.2, 0.25) is 0 Å². The van der Waals surface area contributed by atoms with Crippen LogP contribution in [0.15, 0.2) is 18.2 Å². The molecule has 1 aromatic rings. The maximum absolute atomic E-state index is 12.6. The van der Waals surface area contributed by atoms with Gasteiger partial charge in [0.15, 0.2) is 0 Å². The van der Waals surface area contributed by atoms with Crippen LogP contribution >= 0.6 is 11.8 Å². The molecule has 0 aliphatic rings. The smallest absolute Gasteiger partial charge is 0.125 e. The maximum Gasteiger partial charge on any atom is 0.125 e. The second-order valence-electron chi connectivity index (χ2n) is 2.90. The zero-order chi connectivity index (χ0) is 9.68. The van der Waals surface area contributed by atoms with E-state index in [9.17, 15) is 4.39 Å². The summed E-state index contributed by atoms with van der Waals surface area (Å²) < 4.78 is 12.6. The molecule has 0 saturated heterocycles. The fourth-order valence-electron chi connectivity index (χ4n) is 1.02. The van der Waals surface area contributed by atoms with Crippen molar-refractivity contribution in [1.29, 1.82) is 0 Å². The van der Waals surface area contributed by atoms with E-state index in [1.54, 1.807) is 6.07 Å². The lowest BCUT2D eigenvalue weighted by Gasteiger charge is -2.04. The van der Waals surface area contributed by atoms with Crippen molar-refractivity contribution in [3.63, 3.8) is 0 Å². The van der Waals surface area contributed by atoms with Gasteiger partial charge in [-0.15, -0.1) is 0 Å². The van der Waals surface area contributed by atoms with Gasteiger partial charge < -0.3 is 5.73 Å². The monoisotopic (exact) mass is 199 g/mol. The highest BCUT2D eigenvalue weighted by atomic mass is 32.2. The van der Waals surface area contributed by atoms with Crippen molar-refractivity contribution in [2.75, 3.05) is 11.5 Å². The molecule has 3 heteroatoms. The summed E-state index contributed by atoms with van der Waals surface area (Å²) in [6, 6.07) is 4.59. The molecule has 13 heavy (non-hydrogen) atoms. The van der Waals surface area contributed by atoms with Crippen LogP contribution in [-0.2, 0) is 5.75 Å². The van der Waals surface area contributed by atoms with E-state index in [1.807, 2.05) is 11.8 Å². The molecular weight excluding hydrogens is 185 g/mol. The molecule has 0 radical (unpaired) electrons. The first-order chi connectivity index (χ1) is 6.24. The fraction of sp³-hybridized carbons (Fsp3) is 0.400. The zero-order valence-corrected chi connectivity index (χ0v) is 8.53. The zero-order valence-electron chi connectivity index (χ0n) is 7.72. The SMILES string of the molecule is CCCSCc1ccc(F)cc1N. The van der Waals surface area contributed by atoms with Gasteiger partial charge in [-0.25, -0.2) is 4.39 Å². The van der Waals surface area contributed by atoms with Crippen molar-refractivity contribution < 1.29 is 4.39 Å². The number of nitrogens with two attached hydrogens (primary N) is 1. The van der Waals surface area contributed by atoms with Crippen molar-refractivity contribution in [1.82, 2.24) is 0 Å². The average Bonchev–Trinajstić information content (AvgIpc) is 2.09. The lowest BCUT2D eigenvalue weighted by atomic mass is 10.2. The van der Waals surface area contributed by atoms with Gasteiger partial charge in [-0.2, -0.15) is 11.8 Å². The molecule has 0 saturated carbocycles. The summed E-state index contributed by atoms with van der Waals surface area (Å²) in [5.41, 5.74) is 7.24. The molecule has 0 aliphatic heterocycles. The van der Waals surface area contributed by atoms with Crippen molar-refractivity contribution in [3.8, 4) is 0 Å².